The zero-order valence-corrected chi connectivity index (χ0v) is 23.3. The lowest BCUT2D eigenvalue weighted by atomic mass is 9.93. The largest absolute Gasteiger partial charge is 0.493 e. The number of rotatable bonds is 9. The summed E-state index contributed by atoms with van der Waals surface area (Å²) in [5.74, 6) is 0.564. The van der Waals surface area contributed by atoms with Crippen molar-refractivity contribution in [1.82, 2.24) is 25.3 Å². The quantitative estimate of drug-likeness (QED) is 0.471. The first kappa shape index (κ1) is 29.1. The Hall–Kier alpha value is -3.47. The van der Waals surface area contributed by atoms with Crippen LogP contribution in [-0.2, 0) is 9.53 Å². The van der Waals surface area contributed by atoms with E-state index in [0.29, 0.717) is 61.1 Å². The molecule has 0 aliphatic carbocycles. The first-order valence-electron chi connectivity index (χ1n) is 13.2. The van der Waals surface area contributed by atoms with Crippen molar-refractivity contribution in [2.24, 2.45) is 0 Å². The predicted molar refractivity (Wildman–Crippen MR) is 143 cm³/mol. The third-order valence-corrected chi connectivity index (χ3v) is 6.65. The van der Waals surface area contributed by atoms with E-state index in [-0.39, 0.29) is 24.7 Å². The van der Waals surface area contributed by atoms with Crippen LogP contribution in [0.1, 0.15) is 45.7 Å². The molecule has 0 aromatic heterocycles. The van der Waals surface area contributed by atoms with Gasteiger partial charge in [0.05, 0.1) is 32.4 Å². The van der Waals surface area contributed by atoms with E-state index in [9.17, 15) is 14.4 Å². The molecule has 11 nitrogen and oxygen atoms in total. The molecule has 0 unspecified atom stereocenters. The minimum absolute atomic E-state index is 0.0616. The van der Waals surface area contributed by atoms with E-state index in [2.05, 4.69) is 15.5 Å². The number of nitrogens with one attached hydrogen (secondary N) is 2. The standard InChI is InChI=1S/C27H41N5O6/c1-7-32-20(17-30-12-9-13-31(15-14-30)26(34)28-18(3)4)23(25(33)38-8-2)24(29-27(32)35)19-10-11-21(36-5)22(16-19)37-6/h10-11,16,18,24H,7-9,12-15,17H2,1-6H3,(H,28,34)(H,29,35)/t24-/m0/s1. The monoisotopic (exact) mass is 531 g/mol. The molecule has 2 aliphatic heterocycles. The Labute approximate surface area is 225 Å². The maximum atomic E-state index is 13.4. The van der Waals surface area contributed by atoms with Gasteiger partial charge in [0.1, 0.15) is 0 Å². The molecule has 1 aromatic carbocycles. The topological polar surface area (TPSA) is 113 Å². The van der Waals surface area contributed by atoms with Crippen LogP contribution in [-0.4, -0.2) is 98.9 Å². The van der Waals surface area contributed by atoms with E-state index in [1.807, 2.05) is 31.7 Å². The molecular formula is C27H41N5O6. The number of hydrogen-bond donors (Lipinski definition) is 2. The summed E-state index contributed by atoms with van der Waals surface area (Å²) in [7, 11) is 3.09. The van der Waals surface area contributed by atoms with Crippen molar-refractivity contribution in [2.75, 3.05) is 60.1 Å². The number of nitrogens with zero attached hydrogens (tertiary/aromatic N) is 3. The molecule has 2 heterocycles. The highest BCUT2D eigenvalue weighted by molar-refractivity contribution is 5.95. The summed E-state index contributed by atoms with van der Waals surface area (Å²) >= 11 is 0. The van der Waals surface area contributed by atoms with Crippen LogP contribution in [0.3, 0.4) is 0 Å². The first-order valence-corrected chi connectivity index (χ1v) is 13.2. The maximum absolute atomic E-state index is 13.4. The molecule has 1 aromatic rings. The number of urea groups is 2. The summed E-state index contributed by atoms with van der Waals surface area (Å²) < 4.78 is 16.3. The third-order valence-electron chi connectivity index (χ3n) is 6.65. The van der Waals surface area contributed by atoms with Gasteiger partial charge in [0.25, 0.3) is 0 Å². The molecule has 11 heteroatoms. The lowest BCUT2D eigenvalue weighted by molar-refractivity contribution is -0.139. The third kappa shape index (κ3) is 6.69. The summed E-state index contributed by atoms with van der Waals surface area (Å²) in [6.07, 6.45) is 0.783. The highest BCUT2D eigenvalue weighted by atomic mass is 16.5. The second-order valence-corrected chi connectivity index (χ2v) is 9.54. The summed E-state index contributed by atoms with van der Waals surface area (Å²) in [6, 6.07) is 4.30. The average Bonchev–Trinajstić information content (AvgIpc) is 3.13. The van der Waals surface area contributed by atoms with Crippen molar-refractivity contribution >= 4 is 18.0 Å². The van der Waals surface area contributed by atoms with Gasteiger partial charge in [-0.3, -0.25) is 9.80 Å². The number of hydrogen-bond acceptors (Lipinski definition) is 7. The van der Waals surface area contributed by atoms with E-state index in [4.69, 9.17) is 14.2 Å². The van der Waals surface area contributed by atoms with Crippen LogP contribution in [0.4, 0.5) is 9.59 Å². The second kappa shape index (κ2) is 13.4. The lowest BCUT2D eigenvalue weighted by Crippen LogP contribution is -2.51. The van der Waals surface area contributed by atoms with Gasteiger partial charge < -0.3 is 29.7 Å². The van der Waals surface area contributed by atoms with Crippen molar-refractivity contribution in [3.63, 3.8) is 0 Å². The van der Waals surface area contributed by atoms with Gasteiger partial charge in [-0.05, 0) is 51.8 Å². The SMILES string of the molecule is CCOC(=O)C1=C(CN2CCCN(C(=O)NC(C)C)CC2)N(CC)C(=O)N[C@H]1c1ccc(OC)c(OC)c1. The van der Waals surface area contributed by atoms with Crippen LogP contribution in [0.2, 0.25) is 0 Å². The minimum atomic E-state index is -0.723. The molecule has 2 aliphatic rings. The van der Waals surface area contributed by atoms with Crippen LogP contribution >= 0.6 is 0 Å². The molecular weight excluding hydrogens is 490 g/mol. The van der Waals surface area contributed by atoms with Gasteiger partial charge in [-0.1, -0.05) is 6.07 Å². The Balaban J connectivity index is 1.98. The summed E-state index contributed by atoms with van der Waals surface area (Å²) in [6.45, 7) is 11.0. The Morgan fingerprint density at radius 1 is 1.08 bits per heavy atom. The molecule has 210 valence electrons. The Morgan fingerprint density at radius 3 is 2.45 bits per heavy atom. The molecule has 3 rings (SSSR count). The fourth-order valence-electron chi connectivity index (χ4n) is 4.82. The number of esters is 1. The zero-order chi connectivity index (χ0) is 27.8. The van der Waals surface area contributed by atoms with E-state index in [1.54, 1.807) is 31.1 Å². The summed E-state index contributed by atoms with van der Waals surface area (Å²) in [5, 5.41) is 5.94. The number of amides is 4. The van der Waals surface area contributed by atoms with Gasteiger partial charge >= 0.3 is 18.0 Å². The Bertz CT molecular complexity index is 1040. The van der Waals surface area contributed by atoms with Crippen molar-refractivity contribution in [3.8, 4) is 11.5 Å². The van der Waals surface area contributed by atoms with Gasteiger partial charge in [-0.25, -0.2) is 14.4 Å². The average molecular weight is 532 g/mol. The Kier molecular flexibility index (Phi) is 10.2. The molecule has 38 heavy (non-hydrogen) atoms. The molecule has 0 spiro atoms. The number of benzene rings is 1. The first-order chi connectivity index (χ1) is 18.2. The van der Waals surface area contributed by atoms with E-state index in [0.717, 1.165) is 13.0 Å². The van der Waals surface area contributed by atoms with Crippen LogP contribution in [0.25, 0.3) is 0 Å². The van der Waals surface area contributed by atoms with E-state index < -0.39 is 12.0 Å². The normalized spacial score (nSPS) is 18.7. The summed E-state index contributed by atoms with van der Waals surface area (Å²) in [5.41, 5.74) is 1.67. The van der Waals surface area contributed by atoms with Crippen LogP contribution in [0.5, 0.6) is 11.5 Å². The van der Waals surface area contributed by atoms with E-state index >= 15 is 0 Å². The summed E-state index contributed by atoms with van der Waals surface area (Å²) in [4.78, 5) is 44.8. The van der Waals surface area contributed by atoms with Gasteiger partial charge in [0.15, 0.2) is 11.5 Å². The molecule has 0 radical (unpaired) electrons. The van der Waals surface area contributed by atoms with Crippen molar-refractivity contribution in [1.29, 1.82) is 0 Å². The molecule has 0 bridgehead atoms. The van der Waals surface area contributed by atoms with Gasteiger partial charge in [-0.2, -0.15) is 0 Å². The molecule has 1 saturated heterocycles. The number of likely N-dealkylation sites (N-methyl/N-ethyl adjacent to an activating group) is 1. The number of ether oxygens (including phenoxy) is 3. The van der Waals surface area contributed by atoms with E-state index in [1.165, 1.54) is 7.11 Å². The molecule has 1 atom stereocenters. The lowest BCUT2D eigenvalue weighted by Gasteiger charge is -2.38. The highest BCUT2D eigenvalue weighted by Crippen LogP contribution is 2.36. The van der Waals surface area contributed by atoms with Crippen molar-refractivity contribution in [3.05, 3.63) is 35.0 Å². The molecule has 4 amide bonds. The van der Waals surface area contributed by atoms with Gasteiger partial charge in [0, 0.05) is 51.0 Å². The smallest absolute Gasteiger partial charge is 0.338 e. The number of carbonyl (C=O) groups is 3. The van der Waals surface area contributed by atoms with Crippen LogP contribution in [0, 0.1) is 0 Å². The predicted octanol–water partition coefficient (Wildman–Crippen LogP) is 2.73. The second-order valence-electron chi connectivity index (χ2n) is 9.54. The minimum Gasteiger partial charge on any atom is -0.493 e. The van der Waals surface area contributed by atoms with Gasteiger partial charge in [-0.15, -0.1) is 0 Å². The molecule has 0 saturated carbocycles. The number of carbonyl (C=O) groups excluding carboxylic acids is 3. The Morgan fingerprint density at radius 2 is 1.82 bits per heavy atom. The number of methoxy groups -OCH3 is 2. The van der Waals surface area contributed by atoms with Gasteiger partial charge in [0.2, 0.25) is 0 Å². The highest BCUT2D eigenvalue weighted by Gasteiger charge is 2.38. The molecule has 1 fully saturated rings. The fraction of sp³-hybridized carbons (Fsp3) is 0.593. The molecule has 2 N–H and O–H groups in total. The zero-order valence-electron chi connectivity index (χ0n) is 23.3. The van der Waals surface area contributed by atoms with Crippen LogP contribution < -0.4 is 20.1 Å². The maximum Gasteiger partial charge on any atom is 0.338 e. The fourth-order valence-corrected chi connectivity index (χ4v) is 4.82. The van der Waals surface area contributed by atoms with Crippen molar-refractivity contribution in [2.45, 2.75) is 46.2 Å². The van der Waals surface area contributed by atoms with Crippen LogP contribution in [0.15, 0.2) is 29.5 Å². The van der Waals surface area contributed by atoms with Crippen molar-refractivity contribution < 1.29 is 28.6 Å².